The molecule has 0 aromatic heterocycles. The van der Waals surface area contributed by atoms with Crippen LogP contribution in [0.25, 0.3) is 11.1 Å². The molecule has 4 heteroatoms. The molecule has 2 aromatic carbocycles. The standard InChI is InChI=1S/C13H8Cl2F2/c14-7-8-3-1-4-9(12(8)15)10-5-2-6-11(16)13(10)17/h1-6H,7H2. The third kappa shape index (κ3) is 2.28. The Labute approximate surface area is 108 Å². The lowest BCUT2D eigenvalue weighted by Crippen LogP contribution is -1.91. The van der Waals surface area contributed by atoms with Crippen molar-refractivity contribution in [1.82, 2.24) is 0 Å². The van der Waals surface area contributed by atoms with Crippen LogP contribution in [0, 0.1) is 11.6 Å². The average molecular weight is 273 g/mol. The average Bonchev–Trinajstić information content (AvgIpc) is 2.33. The van der Waals surface area contributed by atoms with Crippen molar-refractivity contribution in [2.45, 2.75) is 5.88 Å². The Kier molecular flexibility index (Phi) is 3.65. The van der Waals surface area contributed by atoms with Crippen molar-refractivity contribution in [1.29, 1.82) is 0 Å². The van der Waals surface area contributed by atoms with Gasteiger partial charge in [-0.25, -0.2) is 8.78 Å². The minimum atomic E-state index is -0.902. The lowest BCUT2D eigenvalue weighted by molar-refractivity contribution is 0.511. The molecule has 0 spiro atoms. The van der Waals surface area contributed by atoms with E-state index in [2.05, 4.69) is 0 Å². The minimum Gasteiger partial charge on any atom is -0.204 e. The fourth-order valence-corrected chi connectivity index (χ4v) is 2.19. The summed E-state index contributed by atoms with van der Waals surface area (Å²) in [7, 11) is 0. The summed E-state index contributed by atoms with van der Waals surface area (Å²) in [6.45, 7) is 0. The zero-order chi connectivity index (χ0) is 12.4. The normalized spacial score (nSPS) is 10.6. The van der Waals surface area contributed by atoms with E-state index in [4.69, 9.17) is 23.2 Å². The van der Waals surface area contributed by atoms with Crippen molar-refractivity contribution in [3.05, 3.63) is 58.6 Å². The van der Waals surface area contributed by atoms with E-state index in [1.54, 1.807) is 18.2 Å². The maximum Gasteiger partial charge on any atom is 0.166 e. The smallest absolute Gasteiger partial charge is 0.166 e. The molecule has 2 rings (SSSR count). The van der Waals surface area contributed by atoms with Gasteiger partial charge in [0.2, 0.25) is 0 Å². The maximum atomic E-state index is 13.6. The number of benzene rings is 2. The van der Waals surface area contributed by atoms with Gasteiger partial charge in [-0.05, 0) is 11.6 Å². The Morgan fingerprint density at radius 2 is 1.59 bits per heavy atom. The quantitative estimate of drug-likeness (QED) is 0.673. The van der Waals surface area contributed by atoms with E-state index in [-0.39, 0.29) is 11.4 Å². The van der Waals surface area contributed by atoms with Gasteiger partial charge in [0.1, 0.15) is 0 Å². The van der Waals surface area contributed by atoms with Gasteiger partial charge in [-0.3, -0.25) is 0 Å². The van der Waals surface area contributed by atoms with Crippen LogP contribution in [0.1, 0.15) is 5.56 Å². The van der Waals surface area contributed by atoms with Gasteiger partial charge in [0, 0.05) is 17.0 Å². The van der Waals surface area contributed by atoms with E-state index in [1.807, 2.05) is 0 Å². The second kappa shape index (κ2) is 5.03. The highest BCUT2D eigenvalue weighted by molar-refractivity contribution is 6.34. The van der Waals surface area contributed by atoms with Crippen LogP contribution in [0.4, 0.5) is 8.78 Å². The van der Waals surface area contributed by atoms with Crippen LogP contribution >= 0.6 is 23.2 Å². The van der Waals surface area contributed by atoms with Crippen LogP contribution in [0.3, 0.4) is 0 Å². The topological polar surface area (TPSA) is 0 Å². The van der Waals surface area contributed by atoms with Crippen molar-refractivity contribution in [3.8, 4) is 11.1 Å². The molecule has 0 heterocycles. The van der Waals surface area contributed by atoms with Gasteiger partial charge >= 0.3 is 0 Å². The van der Waals surface area contributed by atoms with Gasteiger partial charge in [-0.15, -0.1) is 11.6 Å². The molecule has 0 aliphatic rings. The molecule has 0 saturated heterocycles. The van der Waals surface area contributed by atoms with Gasteiger partial charge in [0.15, 0.2) is 11.6 Å². The number of hydrogen-bond acceptors (Lipinski definition) is 0. The van der Waals surface area contributed by atoms with Gasteiger partial charge in [0.25, 0.3) is 0 Å². The van der Waals surface area contributed by atoms with Crippen molar-refractivity contribution in [3.63, 3.8) is 0 Å². The van der Waals surface area contributed by atoms with E-state index in [0.717, 1.165) is 6.07 Å². The van der Waals surface area contributed by atoms with Crippen LogP contribution in [0.2, 0.25) is 5.02 Å². The molecule has 0 saturated carbocycles. The molecule has 88 valence electrons. The van der Waals surface area contributed by atoms with Crippen LogP contribution in [-0.4, -0.2) is 0 Å². The Morgan fingerprint density at radius 1 is 0.941 bits per heavy atom. The summed E-state index contributed by atoms with van der Waals surface area (Å²) in [5.74, 6) is -1.57. The molecule has 17 heavy (non-hydrogen) atoms. The van der Waals surface area contributed by atoms with Crippen molar-refractivity contribution in [2.24, 2.45) is 0 Å². The Morgan fingerprint density at radius 3 is 2.29 bits per heavy atom. The molecule has 0 atom stereocenters. The van der Waals surface area contributed by atoms with Gasteiger partial charge in [-0.1, -0.05) is 41.9 Å². The Balaban J connectivity index is 2.65. The summed E-state index contributed by atoms with van der Waals surface area (Å²) in [6.07, 6.45) is 0. The second-order valence-corrected chi connectivity index (χ2v) is 4.16. The van der Waals surface area contributed by atoms with E-state index >= 15 is 0 Å². The number of hydrogen-bond donors (Lipinski definition) is 0. The first-order valence-electron chi connectivity index (χ1n) is 4.93. The zero-order valence-corrected chi connectivity index (χ0v) is 10.2. The van der Waals surface area contributed by atoms with Gasteiger partial charge in [0.05, 0.1) is 5.02 Å². The first-order valence-corrected chi connectivity index (χ1v) is 5.84. The summed E-state index contributed by atoms with van der Waals surface area (Å²) < 4.78 is 26.8. The molecule has 0 nitrogen and oxygen atoms in total. The van der Waals surface area contributed by atoms with Crippen molar-refractivity contribution in [2.75, 3.05) is 0 Å². The molecule has 0 bridgehead atoms. The first-order chi connectivity index (χ1) is 8.15. The lowest BCUT2D eigenvalue weighted by atomic mass is 10.0. The fraction of sp³-hybridized carbons (Fsp3) is 0.0769. The number of alkyl halides is 1. The second-order valence-electron chi connectivity index (χ2n) is 3.51. The summed E-state index contributed by atoms with van der Waals surface area (Å²) in [4.78, 5) is 0. The molecule has 0 aliphatic carbocycles. The zero-order valence-electron chi connectivity index (χ0n) is 8.68. The number of halogens is 4. The maximum absolute atomic E-state index is 13.6. The minimum absolute atomic E-state index is 0.141. The van der Waals surface area contributed by atoms with Gasteiger partial charge in [-0.2, -0.15) is 0 Å². The van der Waals surface area contributed by atoms with Gasteiger partial charge < -0.3 is 0 Å². The monoisotopic (exact) mass is 272 g/mol. The molecule has 0 radical (unpaired) electrons. The van der Waals surface area contributed by atoms with E-state index < -0.39 is 11.6 Å². The molecule has 0 amide bonds. The summed E-state index contributed by atoms with van der Waals surface area (Å²) in [5, 5.41) is 0.354. The van der Waals surface area contributed by atoms with Crippen LogP contribution < -0.4 is 0 Å². The van der Waals surface area contributed by atoms with Crippen LogP contribution in [0.15, 0.2) is 36.4 Å². The largest absolute Gasteiger partial charge is 0.204 e. The summed E-state index contributed by atoms with van der Waals surface area (Å²) >= 11 is 11.8. The molecule has 0 fully saturated rings. The first kappa shape index (κ1) is 12.3. The van der Waals surface area contributed by atoms with Crippen LogP contribution in [-0.2, 0) is 5.88 Å². The van der Waals surface area contributed by atoms with E-state index in [1.165, 1.54) is 12.1 Å². The highest BCUT2D eigenvalue weighted by atomic mass is 35.5. The molecule has 0 N–H and O–H groups in total. The number of rotatable bonds is 2. The highest BCUT2D eigenvalue weighted by Gasteiger charge is 2.13. The van der Waals surface area contributed by atoms with E-state index in [9.17, 15) is 8.78 Å². The lowest BCUT2D eigenvalue weighted by Gasteiger charge is -2.09. The van der Waals surface area contributed by atoms with E-state index in [0.29, 0.717) is 16.1 Å². The Hall–Kier alpha value is -1.12. The van der Waals surface area contributed by atoms with Crippen molar-refractivity contribution >= 4 is 23.2 Å². The molecule has 0 aliphatic heterocycles. The predicted octanol–water partition coefficient (Wildman–Crippen LogP) is 5.02. The Bertz CT molecular complexity index is 553. The summed E-state index contributed by atoms with van der Waals surface area (Å²) in [6, 6.07) is 9.09. The van der Waals surface area contributed by atoms with Crippen molar-refractivity contribution < 1.29 is 8.78 Å². The molecular weight excluding hydrogens is 265 g/mol. The fourth-order valence-electron chi connectivity index (χ4n) is 1.60. The third-order valence-corrected chi connectivity index (χ3v) is 3.20. The SMILES string of the molecule is Fc1cccc(-c2cccc(CCl)c2Cl)c1F. The molecule has 2 aromatic rings. The third-order valence-electron chi connectivity index (χ3n) is 2.46. The predicted molar refractivity (Wildman–Crippen MR) is 66.4 cm³/mol. The molecule has 0 unspecified atom stereocenters. The summed E-state index contributed by atoms with van der Waals surface area (Å²) in [5.41, 5.74) is 1.28. The van der Waals surface area contributed by atoms with Crippen LogP contribution in [0.5, 0.6) is 0 Å². The highest BCUT2D eigenvalue weighted by Crippen LogP contribution is 2.33. The molecular formula is C13H8Cl2F2.